The summed E-state index contributed by atoms with van der Waals surface area (Å²) in [5.41, 5.74) is 1.46. The SMILES string of the molecule is CCC(C)(C)NC(=O)C(c1cccc(OC)c1OC)N(C(=O)Cn1nnc2ccccc21)c1ccc(F)cc1. The standard InChI is InChI=1S/C29H32FN5O4/c1-6-29(2,3)31-28(37)26(21-10-9-13-24(38-4)27(21)39-5)35(20-16-14-19(30)15-17-20)25(36)18-34-23-12-8-7-11-22(23)32-33-34/h7-17,26H,6,18H2,1-5H3,(H,31,37). The minimum absolute atomic E-state index is 0.217. The summed E-state index contributed by atoms with van der Waals surface area (Å²) in [6.45, 7) is 5.54. The van der Waals surface area contributed by atoms with E-state index in [4.69, 9.17) is 9.47 Å². The van der Waals surface area contributed by atoms with Crippen LogP contribution in [0.1, 0.15) is 38.8 Å². The first kappa shape index (κ1) is 27.6. The summed E-state index contributed by atoms with van der Waals surface area (Å²) in [5.74, 6) is -0.663. The predicted molar refractivity (Wildman–Crippen MR) is 146 cm³/mol. The highest BCUT2D eigenvalue weighted by molar-refractivity contribution is 6.02. The van der Waals surface area contributed by atoms with Gasteiger partial charge in [0.05, 0.1) is 19.7 Å². The van der Waals surface area contributed by atoms with Gasteiger partial charge in [-0.25, -0.2) is 9.07 Å². The van der Waals surface area contributed by atoms with Crippen LogP contribution in [0.5, 0.6) is 11.5 Å². The molecule has 4 rings (SSSR count). The van der Waals surface area contributed by atoms with Gasteiger partial charge in [-0.2, -0.15) is 0 Å². The van der Waals surface area contributed by atoms with E-state index in [0.717, 1.165) is 0 Å². The highest BCUT2D eigenvalue weighted by Gasteiger charge is 2.37. The third-order valence-corrected chi connectivity index (χ3v) is 6.66. The van der Waals surface area contributed by atoms with Gasteiger partial charge in [0.15, 0.2) is 11.5 Å². The number of anilines is 1. The maximum absolute atomic E-state index is 14.1. The van der Waals surface area contributed by atoms with Gasteiger partial charge in [0.2, 0.25) is 11.8 Å². The number of benzene rings is 3. The van der Waals surface area contributed by atoms with Crippen molar-refractivity contribution in [2.24, 2.45) is 0 Å². The first-order valence-corrected chi connectivity index (χ1v) is 12.6. The molecule has 0 radical (unpaired) electrons. The zero-order chi connectivity index (χ0) is 28.2. The molecular weight excluding hydrogens is 501 g/mol. The largest absolute Gasteiger partial charge is 0.493 e. The molecule has 0 fully saturated rings. The van der Waals surface area contributed by atoms with E-state index < -0.39 is 29.2 Å². The number of methoxy groups -OCH3 is 2. The average molecular weight is 534 g/mol. The number of nitrogens with one attached hydrogen (secondary N) is 1. The summed E-state index contributed by atoms with van der Waals surface area (Å²) < 4.78 is 26.6. The molecule has 0 saturated heterocycles. The van der Waals surface area contributed by atoms with E-state index in [2.05, 4.69) is 15.6 Å². The van der Waals surface area contributed by atoms with Gasteiger partial charge in [0.1, 0.15) is 23.9 Å². The smallest absolute Gasteiger partial charge is 0.249 e. The summed E-state index contributed by atoms with van der Waals surface area (Å²) in [7, 11) is 2.97. The number of hydrogen-bond acceptors (Lipinski definition) is 6. The van der Waals surface area contributed by atoms with E-state index in [0.29, 0.717) is 40.2 Å². The summed E-state index contributed by atoms with van der Waals surface area (Å²) in [6, 6.07) is 16.6. The van der Waals surface area contributed by atoms with Crippen LogP contribution in [0.15, 0.2) is 66.7 Å². The number of nitrogens with zero attached hydrogens (tertiary/aromatic N) is 4. The Balaban J connectivity index is 1.89. The number of carbonyl (C=O) groups is 2. The molecule has 4 aromatic rings. The predicted octanol–water partition coefficient (Wildman–Crippen LogP) is 4.67. The molecular formula is C29H32FN5O4. The third-order valence-electron chi connectivity index (χ3n) is 6.66. The zero-order valence-corrected chi connectivity index (χ0v) is 22.6. The van der Waals surface area contributed by atoms with E-state index in [-0.39, 0.29) is 6.54 Å². The van der Waals surface area contributed by atoms with Crippen LogP contribution >= 0.6 is 0 Å². The van der Waals surface area contributed by atoms with Crippen LogP contribution in [0.3, 0.4) is 0 Å². The maximum Gasteiger partial charge on any atom is 0.249 e. The van der Waals surface area contributed by atoms with Crippen molar-refractivity contribution in [3.63, 3.8) is 0 Å². The van der Waals surface area contributed by atoms with Gasteiger partial charge < -0.3 is 14.8 Å². The third kappa shape index (κ3) is 5.84. The number of carbonyl (C=O) groups excluding carboxylic acids is 2. The number of aromatic nitrogens is 3. The van der Waals surface area contributed by atoms with Gasteiger partial charge in [0, 0.05) is 16.8 Å². The summed E-state index contributed by atoms with van der Waals surface area (Å²) in [6.07, 6.45) is 0.649. The van der Waals surface area contributed by atoms with Gasteiger partial charge in [-0.3, -0.25) is 14.5 Å². The van der Waals surface area contributed by atoms with E-state index in [1.165, 1.54) is 48.1 Å². The zero-order valence-electron chi connectivity index (χ0n) is 22.6. The van der Waals surface area contributed by atoms with Gasteiger partial charge in [0.25, 0.3) is 0 Å². The second-order valence-electron chi connectivity index (χ2n) is 9.69. The lowest BCUT2D eigenvalue weighted by atomic mass is 9.97. The number of rotatable bonds is 10. The van der Waals surface area contributed by atoms with Crippen LogP contribution in [-0.4, -0.2) is 46.6 Å². The molecule has 1 aromatic heterocycles. The normalized spacial score (nSPS) is 12.2. The summed E-state index contributed by atoms with van der Waals surface area (Å²) in [4.78, 5) is 29.6. The van der Waals surface area contributed by atoms with E-state index in [1.807, 2.05) is 39.0 Å². The van der Waals surface area contributed by atoms with Gasteiger partial charge in [-0.05, 0) is 62.7 Å². The molecule has 204 valence electrons. The molecule has 0 aliphatic rings. The Hall–Kier alpha value is -4.47. The van der Waals surface area contributed by atoms with Crippen LogP contribution in [0.2, 0.25) is 0 Å². The highest BCUT2D eigenvalue weighted by Crippen LogP contribution is 2.39. The Kier molecular flexibility index (Phi) is 8.13. The molecule has 39 heavy (non-hydrogen) atoms. The van der Waals surface area contributed by atoms with Crippen molar-refractivity contribution in [2.75, 3.05) is 19.1 Å². The summed E-state index contributed by atoms with van der Waals surface area (Å²) in [5, 5.41) is 11.4. The van der Waals surface area contributed by atoms with Crippen molar-refractivity contribution < 1.29 is 23.5 Å². The Labute approximate surface area is 226 Å². The Morgan fingerprint density at radius 2 is 1.74 bits per heavy atom. The van der Waals surface area contributed by atoms with Gasteiger partial charge >= 0.3 is 0 Å². The molecule has 0 aliphatic heterocycles. The molecule has 0 aliphatic carbocycles. The van der Waals surface area contributed by atoms with Crippen LogP contribution in [0.4, 0.5) is 10.1 Å². The fraction of sp³-hybridized carbons (Fsp3) is 0.310. The lowest BCUT2D eigenvalue weighted by molar-refractivity contribution is -0.128. The van der Waals surface area contributed by atoms with E-state index in [1.54, 1.807) is 24.3 Å². The van der Waals surface area contributed by atoms with Crippen LogP contribution in [0.25, 0.3) is 11.0 Å². The minimum Gasteiger partial charge on any atom is -0.493 e. The number of fused-ring (bicyclic) bond motifs is 1. The summed E-state index contributed by atoms with van der Waals surface area (Å²) >= 11 is 0. The molecule has 3 aromatic carbocycles. The van der Waals surface area contributed by atoms with Gasteiger partial charge in [-0.1, -0.05) is 36.4 Å². The molecule has 0 spiro atoms. The number of amides is 2. The molecule has 0 saturated carbocycles. The van der Waals surface area contributed by atoms with Crippen molar-refractivity contribution in [1.82, 2.24) is 20.3 Å². The molecule has 1 atom stereocenters. The first-order chi connectivity index (χ1) is 18.7. The van der Waals surface area contributed by atoms with Crippen LogP contribution < -0.4 is 19.7 Å². The molecule has 9 nitrogen and oxygen atoms in total. The molecule has 1 heterocycles. The highest BCUT2D eigenvalue weighted by atomic mass is 19.1. The lowest BCUT2D eigenvalue weighted by Crippen LogP contribution is -2.51. The first-order valence-electron chi connectivity index (χ1n) is 12.6. The Morgan fingerprint density at radius 1 is 1.03 bits per heavy atom. The van der Waals surface area contributed by atoms with Crippen LogP contribution in [0, 0.1) is 5.82 Å². The second-order valence-corrected chi connectivity index (χ2v) is 9.69. The lowest BCUT2D eigenvalue weighted by Gasteiger charge is -2.35. The van der Waals surface area contributed by atoms with Crippen molar-refractivity contribution in [3.8, 4) is 11.5 Å². The monoisotopic (exact) mass is 533 g/mol. The van der Waals surface area contributed by atoms with Crippen LogP contribution in [-0.2, 0) is 16.1 Å². The number of hydrogen-bond donors (Lipinski definition) is 1. The Bertz CT molecular complexity index is 1470. The Morgan fingerprint density at radius 3 is 2.41 bits per heavy atom. The molecule has 0 bridgehead atoms. The molecule has 1 unspecified atom stereocenters. The van der Waals surface area contributed by atoms with E-state index >= 15 is 0 Å². The van der Waals surface area contributed by atoms with Crippen molar-refractivity contribution >= 4 is 28.5 Å². The van der Waals surface area contributed by atoms with Crippen molar-refractivity contribution in [1.29, 1.82) is 0 Å². The minimum atomic E-state index is -1.19. The quantitative estimate of drug-likeness (QED) is 0.318. The number of ether oxygens (including phenoxy) is 2. The second kappa shape index (κ2) is 11.5. The molecule has 10 heteroatoms. The fourth-order valence-corrected chi connectivity index (χ4v) is 4.29. The van der Waals surface area contributed by atoms with E-state index in [9.17, 15) is 14.0 Å². The van der Waals surface area contributed by atoms with Crippen molar-refractivity contribution in [3.05, 3.63) is 78.1 Å². The molecule has 1 N–H and O–H groups in total. The number of halogens is 1. The fourth-order valence-electron chi connectivity index (χ4n) is 4.29. The molecule has 2 amide bonds. The average Bonchev–Trinajstić information content (AvgIpc) is 3.34. The van der Waals surface area contributed by atoms with Gasteiger partial charge in [-0.15, -0.1) is 5.10 Å². The van der Waals surface area contributed by atoms with Crippen molar-refractivity contribution in [2.45, 2.75) is 45.3 Å². The maximum atomic E-state index is 14.1. The number of para-hydroxylation sites is 2. The topological polar surface area (TPSA) is 98.6 Å².